The van der Waals surface area contributed by atoms with Crippen LogP contribution in [0.2, 0.25) is 0 Å². The molecule has 0 unspecified atom stereocenters. The minimum atomic E-state index is -0.399. The van der Waals surface area contributed by atoms with E-state index in [2.05, 4.69) is 11.0 Å². The SMILES string of the molecule is CCOc1ccccc1N1CCN(C(=O)Cn2cc(C(=O)OC)c3ccccc32)CC1. The van der Waals surface area contributed by atoms with Crippen molar-refractivity contribution < 1.29 is 19.1 Å². The van der Waals surface area contributed by atoms with Gasteiger partial charge in [-0.3, -0.25) is 4.79 Å². The Hall–Kier alpha value is -3.48. The molecule has 0 aliphatic carbocycles. The van der Waals surface area contributed by atoms with Gasteiger partial charge in [0, 0.05) is 43.3 Å². The van der Waals surface area contributed by atoms with Crippen molar-refractivity contribution in [2.45, 2.75) is 13.5 Å². The summed E-state index contributed by atoms with van der Waals surface area (Å²) in [4.78, 5) is 29.3. The first-order valence-corrected chi connectivity index (χ1v) is 10.5. The summed E-state index contributed by atoms with van der Waals surface area (Å²) in [6.45, 7) is 5.56. The Morgan fingerprint density at radius 2 is 1.68 bits per heavy atom. The zero-order valence-electron chi connectivity index (χ0n) is 17.9. The molecule has 0 atom stereocenters. The van der Waals surface area contributed by atoms with Gasteiger partial charge in [0.05, 0.1) is 25.0 Å². The van der Waals surface area contributed by atoms with Gasteiger partial charge in [-0.1, -0.05) is 30.3 Å². The lowest BCUT2D eigenvalue weighted by Crippen LogP contribution is -2.49. The average Bonchev–Trinajstić information content (AvgIpc) is 3.18. The summed E-state index contributed by atoms with van der Waals surface area (Å²) in [6.07, 6.45) is 1.71. The van der Waals surface area contributed by atoms with Gasteiger partial charge < -0.3 is 23.8 Å². The van der Waals surface area contributed by atoms with E-state index in [1.165, 1.54) is 7.11 Å². The first kappa shape index (κ1) is 20.8. The Balaban J connectivity index is 1.45. The van der Waals surface area contributed by atoms with E-state index < -0.39 is 5.97 Å². The van der Waals surface area contributed by atoms with Crippen molar-refractivity contribution in [3.05, 3.63) is 60.3 Å². The number of benzene rings is 2. The number of piperazine rings is 1. The topological polar surface area (TPSA) is 64.0 Å². The third-order valence-corrected chi connectivity index (χ3v) is 5.64. The molecule has 1 aromatic heterocycles. The Morgan fingerprint density at radius 1 is 0.968 bits per heavy atom. The van der Waals surface area contributed by atoms with Crippen LogP contribution >= 0.6 is 0 Å². The molecule has 31 heavy (non-hydrogen) atoms. The number of hydrogen-bond acceptors (Lipinski definition) is 5. The Bertz CT molecular complexity index is 1080. The summed E-state index contributed by atoms with van der Waals surface area (Å²) < 4.78 is 12.5. The Kier molecular flexibility index (Phi) is 6.11. The van der Waals surface area contributed by atoms with Crippen LogP contribution in [-0.2, 0) is 16.1 Å². The zero-order valence-corrected chi connectivity index (χ0v) is 17.9. The number of ether oxygens (including phenoxy) is 2. The lowest BCUT2D eigenvalue weighted by atomic mass is 10.2. The zero-order chi connectivity index (χ0) is 21.8. The highest BCUT2D eigenvalue weighted by atomic mass is 16.5. The summed E-state index contributed by atoms with van der Waals surface area (Å²) in [7, 11) is 1.36. The number of fused-ring (bicyclic) bond motifs is 1. The molecule has 7 heteroatoms. The van der Waals surface area contributed by atoms with Crippen molar-refractivity contribution in [3.8, 4) is 5.75 Å². The fourth-order valence-corrected chi connectivity index (χ4v) is 4.09. The highest BCUT2D eigenvalue weighted by Gasteiger charge is 2.24. The highest BCUT2D eigenvalue weighted by molar-refractivity contribution is 6.04. The van der Waals surface area contributed by atoms with E-state index in [1.807, 2.05) is 58.9 Å². The van der Waals surface area contributed by atoms with Crippen molar-refractivity contribution in [2.75, 3.05) is 44.8 Å². The van der Waals surface area contributed by atoms with Crippen LogP contribution in [0.25, 0.3) is 10.9 Å². The summed E-state index contributed by atoms with van der Waals surface area (Å²) in [5.74, 6) is 0.512. The number of nitrogens with zero attached hydrogens (tertiary/aromatic N) is 3. The predicted molar refractivity (Wildman–Crippen MR) is 120 cm³/mol. The fourth-order valence-electron chi connectivity index (χ4n) is 4.09. The Morgan fingerprint density at radius 3 is 2.42 bits per heavy atom. The van der Waals surface area contributed by atoms with Crippen LogP contribution in [0.15, 0.2) is 54.7 Å². The largest absolute Gasteiger partial charge is 0.492 e. The maximum atomic E-state index is 13.0. The number of amides is 1. The molecule has 1 saturated heterocycles. The molecule has 4 rings (SSSR count). The van der Waals surface area contributed by atoms with E-state index in [0.717, 1.165) is 35.4 Å². The molecule has 162 valence electrons. The number of rotatable bonds is 6. The van der Waals surface area contributed by atoms with Crippen molar-refractivity contribution in [1.82, 2.24) is 9.47 Å². The van der Waals surface area contributed by atoms with Crippen LogP contribution in [0, 0.1) is 0 Å². The minimum Gasteiger partial charge on any atom is -0.492 e. The molecule has 1 aliphatic rings. The van der Waals surface area contributed by atoms with Crippen LogP contribution in [-0.4, -0.2) is 61.2 Å². The summed E-state index contributed by atoms with van der Waals surface area (Å²) in [6, 6.07) is 15.6. The van der Waals surface area contributed by atoms with Gasteiger partial charge in [-0.15, -0.1) is 0 Å². The van der Waals surface area contributed by atoms with E-state index in [0.29, 0.717) is 25.3 Å². The van der Waals surface area contributed by atoms with Gasteiger partial charge in [0.15, 0.2) is 0 Å². The fraction of sp³-hybridized carbons (Fsp3) is 0.333. The van der Waals surface area contributed by atoms with E-state index in [1.54, 1.807) is 6.20 Å². The smallest absolute Gasteiger partial charge is 0.340 e. The number of para-hydroxylation sites is 3. The summed E-state index contributed by atoms with van der Waals surface area (Å²) in [5, 5.41) is 0.791. The van der Waals surface area contributed by atoms with E-state index in [-0.39, 0.29) is 12.5 Å². The third kappa shape index (κ3) is 4.21. The number of carbonyl (C=O) groups excluding carboxylic acids is 2. The second-order valence-electron chi connectivity index (χ2n) is 7.45. The van der Waals surface area contributed by atoms with Crippen molar-refractivity contribution in [1.29, 1.82) is 0 Å². The molecule has 3 aromatic rings. The van der Waals surface area contributed by atoms with E-state index in [9.17, 15) is 9.59 Å². The van der Waals surface area contributed by atoms with Gasteiger partial charge in [0.2, 0.25) is 5.91 Å². The van der Waals surface area contributed by atoms with Crippen molar-refractivity contribution in [2.24, 2.45) is 0 Å². The molecule has 0 saturated carbocycles. The molecule has 0 radical (unpaired) electrons. The minimum absolute atomic E-state index is 0.0370. The van der Waals surface area contributed by atoms with Crippen molar-refractivity contribution in [3.63, 3.8) is 0 Å². The van der Waals surface area contributed by atoms with Crippen LogP contribution in [0.4, 0.5) is 5.69 Å². The number of aromatic nitrogens is 1. The molecule has 0 N–H and O–H groups in total. The molecule has 1 aliphatic heterocycles. The first-order chi connectivity index (χ1) is 15.1. The maximum Gasteiger partial charge on any atom is 0.340 e. The Labute approximate surface area is 181 Å². The van der Waals surface area contributed by atoms with Crippen LogP contribution in [0.3, 0.4) is 0 Å². The number of hydrogen-bond donors (Lipinski definition) is 0. The molecule has 1 fully saturated rings. The predicted octanol–water partition coefficient (Wildman–Crippen LogP) is 3.18. The van der Waals surface area contributed by atoms with E-state index in [4.69, 9.17) is 9.47 Å². The van der Waals surface area contributed by atoms with Crippen LogP contribution in [0.5, 0.6) is 5.75 Å². The quantitative estimate of drug-likeness (QED) is 0.572. The van der Waals surface area contributed by atoms with E-state index >= 15 is 0 Å². The van der Waals surface area contributed by atoms with Gasteiger partial charge >= 0.3 is 5.97 Å². The second kappa shape index (κ2) is 9.12. The lowest BCUT2D eigenvalue weighted by molar-refractivity contribution is -0.132. The van der Waals surface area contributed by atoms with Gasteiger partial charge in [-0.25, -0.2) is 4.79 Å². The van der Waals surface area contributed by atoms with Gasteiger partial charge in [0.1, 0.15) is 12.3 Å². The molecule has 2 aromatic carbocycles. The monoisotopic (exact) mass is 421 g/mol. The average molecular weight is 421 g/mol. The number of carbonyl (C=O) groups is 2. The van der Waals surface area contributed by atoms with Crippen LogP contribution < -0.4 is 9.64 Å². The standard InChI is InChI=1S/C24H27N3O4/c1-3-31-22-11-7-6-10-21(22)25-12-14-26(15-13-25)23(28)17-27-16-19(24(29)30-2)18-8-4-5-9-20(18)27/h4-11,16H,3,12-15,17H2,1-2H3. The molecule has 0 bridgehead atoms. The summed E-state index contributed by atoms with van der Waals surface area (Å²) in [5.41, 5.74) is 2.39. The molecule has 1 amide bonds. The molecular formula is C24H27N3O4. The first-order valence-electron chi connectivity index (χ1n) is 10.5. The summed E-state index contributed by atoms with van der Waals surface area (Å²) >= 11 is 0. The van der Waals surface area contributed by atoms with Gasteiger partial charge in [-0.2, -0.15) is 0 Å². The normalized spacial score (nSPS) is 14.0. The second-order valence-corrected chi connectivity index (χ2v) is 7.45. The molecule has 2 heterocycles. The van der Waals surface area contributed by atoms with Crippen LogP contribution in [0.1, 0.15) is 17.3 Å². The van der Waals surface area contributed by atoms with Gasteiger partial charge in [-0.05, 0) is 25.1 Å². The maximum absolute atomic E-state index is 13.0. The number of anilines is 1. The van der Waals surface area contributed by atoms with Gasteiger partial charge in [0.25, 0.3) is 0 Å². The lowest BCUT2D eigenvalue weighted by Gasteiger charge is -2.36. The molecule has 0 spiro atoms. The number of methoxy groups -OCH3 is 1. The highest BCUT2D eigenvalue weighted by Crippen LogP contribution is 2.29. The third-order valence-electron chi connectivity index (χ3n) is 5.64. The molecular weight excluding hydrogens is 394 g/mol. The number of esters is 1. The van der Waals surface area contributed by atoms with Crippen molar-refractivity contribution >= 4 is 28.5 Å². The molecule has 7 nitrogen and oxygen atoms in total.